The van der Waals surface area contributed by atoms with Gasteiger partial charge in [-0.15, -0.1) is 0 Å². The predicted molar refractivity (Wildman–Crippen MR) is 110 cm³/mol. The maximum Gasteiger partial charge on any atom is 0.247 e. The summed E-state index contributed by atoms with van der Waals surface area (Å²) in [6, 6.07) is 19.4. The van der Waals surface area contributed by atoms with Gasteiger partial charge in [-0.25, -0.2) is 12.8 Å². The van der Waals surface area contributed by atoms with Crippen LogP contribution in [-0.4, -0.2) is 18.8 Å². The Labute approximate surface area is 174 Å². The maximum absolute atomic E-state index is 13.5. The van der Waals surface area contributed by atoms with Gasteiger partial charge in [0.15, 0.2) is 5.75 Å². The van der Waals surface area contributed by atoms with Crippen LogP contribution in [-0.2, 0) is 16.6 Å². The lowest BCUT2D eigenvalue weighted by Crippen LogP contribution is -2.41. The number of ether oxygens (including phenoxy) is 1. The van der Waals surface area contributed by atoms with Crippen LogP contribution >= 0.6 is 11.6 Å². The Balaban J connectivity index is 1.86. The fraction of sp³-hybridized carbons (Fsp3) is 0.182. The molecule has 7 heteroatoms. The van der Waals surface area contributed by atoms with Crippen molar-refractivity contribution in [1.29, 1.82) is 0 Å². The van der Waals surface area contributed by atoms with Crippen LogP contribution in [0.15, 0.2) is 77.7 Å². The topological polar surface area (TPSA) is 46.6 Å². The van der Waals surface area contributed by atoms with Gasteiger partial charge < -0.3 is 4.74 Å². The molecule has 0 fully saturated rings. The first kappa shape index (κ1) is 19.9. The molecule has 3 aromatic rings. The standard InChI is InChI=1S/C22H19ClFNO3S/c1-15-21(17-6-3-2-4-7-17)28-22-19(23)8-5-9-20(22)29(26,27)25(15)14-16-10-12-18(24)13-11-16/h2-13,15,21H,14H2,1H3/t15-,21+/m1/s1. The van der Waals surface area contributed by atoms with Crippen molar-refractivity contribution in [3.05, 3.63) is 94.8 Å². The summed E-state index contributed by atoms with van der Waals surface area (Å²) in [5, 5.41) is 0.239. The molecule has 150 valence electrons. The lowest BCUT2D eigenvalue weighted by Gasteiger charge is -2.30. The smallest absolute Gasteiger partial charge is 0.247 e. The lowest BCUT2D eigenvalue weighted by molar-refractivity contribution is 0.124. The summed E-state index contributed by atoms with van der Waals surface area (Å²) in [6.07, 6.45) is -0.562. The average molecular weight is 432 g/mol. The van der Waals surface area contributed by atoms with Crippen LogP contribution in [0.25, 0.3) is 0 Å². The molecule has 0 amide bonds. The Morgan fingerprint density at radius 3 is 2.38 bits per heavy atom. The van der Waals surface area contributed by atoms with E-state index < -0.39 is 22.2 Å². The van der Waals surface area contributed by atoms with E-state index in [-0.39, 0.29) is 28.0 Å². The van der Waals surface area contributed by atoms with Gasteiger partial charge in [-0.05, 0) is 42.3 Å². The third-order valence-corrected chi connectivity index (χ3v) is 7.29. The zero-order chi connectivity index (χ0) is 20.6. The number of sulfonamides is 1. The number of hydrogen-bond acceptors (Lipinski definition) is 3. The number of rotatable bonds is 3. The minimum absolute atomic E-state index is 0.0254. The van der Waals surface area contributed by atoms with Crippen LogP contribution in [0.1, 0.15) is 24.2 Å². The highest BCUT2D eigenvalue weighted by Crippen LogP contribution is 2.43. The molecule has 29 heavy (non-hydrogen) atoms. The number of fused-ring (bicyclic) bond motifs is 1. The number of nitrogens with zero attached hydrogens (tertiary/aromatic N) is 1. The first-order valence-corrected chi connectivity index (χ1v) is 11.0. The molecule has 1 aliphatic rings. The molecule has 0 aliphatic carbocycles. The van der Waals surface area contributed by atoms with Crippen LogP contribution in [0, 0.1) is 5.82 Å². The van der Waals surface area contributed by atoms with Crippen LogP contribution < -0.4 is 4.74 Å². The second-order valence-electron chi connectivity index (χ2n) is 6.93. The van der Waals surface area contributed by atoms with E-state index in [0.717, 1.165) is 5.56 Å². The summed E-state index contributed by atoms with van der Waals surface area (Å²) in [5.41, 5.74) is 1.52. The fourth-order valence-electron chi connectivity index (χ4n) is 3.52. The van der Waals surface area contributed by atoms with Gasteiger partial charge in [-0.3, -0.25) is 0 Å². The van der Waals surface area contributed by atoms with E-state index in [9.17, 15) is 12.8 Å². The molecule has 0 spiro atoms. The molecule has 0 bridgehead atoms. The molecule has 1 aliphatic heterocycles. The number of para-hydroxylation sites is 1. The SMILES string of the molecule is C[C@@H]1[C@@H](c2ccccc2)Oc2c(Cl)cccc2S(=O)(=O)N1Cc1ccc(F)cc1. The number of hydrogen-bond donors (Lipinski definition) is 0. The molecule has 0 aromatic heterocycles. The quantitative estimate of drug-likeness (QED) is 0.573. The van der Waals surface area contributed by atoms with E-state index in [2.05, 4.69) is 0 Å². The molecule has 1 heterocycles. The van der Waals surface area contributed by atoms with Crippen molar-refractivity contribution in [2.24, 2.45) is 0 Å². The Kier molecular flexibility index (Phi) is 5.34. The summed E-state index contributed by atoms with van der Waals surface area (Å²) in [4.78, 5) is 0.0254. The van der Waals surface area contributed by atoms with Gasteiger partial charge in [0.2, 0.25) is 10.0 Å². The van der Waals surface area contributed by atoms with Crippen molar-refractivity contribution in [2.45, 2.75) is 30.5 Å². The number of benzene rings is 3. The van der Waals surface area contributed by atoms with Gasteiger partial charge >= 0.3 is 0 Å². The van der Waals surface area contributed by atoms with E-state index in [1.54, 1.807) is 31.2 Å². The molecule has 0 saturated heterocycles. The zero-order valence-electron chi connectivity index (χ0n) is 15.6. The van der Waals surface area contributed by atoms with Gasteiger partial charge in [0.1, 0.15) is 16.8 Å². The van der Waals surface area contributed by atoms with Crippen molar-refractivity contribution >= 4 is 21.6 Å². The highest BCUT2D eigenvalue weighted by molar-refractivity contribution is 7.89. The Morgan fingerprint density at radius 2 is 1.69 bits per heavy atom. The van der Waals surface area contributed by atoms with Crippen molar-refractivity contribution in [1.82, 2.24) is 4.31 Å². The monoisotopic (exact) mass is 431 g/mol. The van der Waals surface area contributed by atoms with Crippen LogP contribution in [0.3, 0.4) is 0 Å². The summed E-state index contributed by atoms with van der Waals surface area (Å²) < 4.78 is 48.0. The Hall–Kier alpha value is -2.41. The molecular formula is C22H19ClFNO3S. The third-order valence-electron chi connectivity index (χ3n) is 5.03. The summed E-state index contributed by atoms with van der Waals surface area (Å²) >= 11 is 6.32. The summed E-state index contributed by atoms with van der Waals surface area (Å²) in [5.74, 6) is -0.223. The van der Waals surface area contributed by atoms with Crippen LogP contribution in [0.4, 0.5) is 4.39 Å². The van der Waals surface area contributed by atoms with Crippen molar-refractivity contribution in [2.75, 3.05) is 0 Å². The van der Waals surface area contributed by atoms with Crippen LogP contribution in [0.5, 0.6) is 5.75 Å². The molecule has 4 rings (SSSR count). The molecule has 3 aromatic carbocycles. The Morgan fingerprint density at radius 1 is 1.00 bits per heavy atom. The summed E-state index contributed by atoms with van der Waals surface area (Å²) in [7, 11) is -3.91. The fourth-order valence-corrected chi connectivity index (χ4v) is 5.55. The van der Waals surface area contributed by atoms with E-state index in [1.807, 2.05) is 30.3 Å². The third kappa shape index (κ3) is 3.75. The zero-order valence-corrected chi connectivity index (χ0v) is 17.2. The van der Waals surface area contributed by atoms with Gasteiger partial charge in [0, 0.05) is 6.54 Å². The van der Waals surface area contributed by atoms with Crippen molar-refractivity contribution in [3.63, 3.8) is 0 Å². The van der Waals surface area contributed by atoms with E-state index in [0.29, 0.717) is 5.56 Å². The van der Waals surface area contributed by atoms with E-state index >= 15 is 0 Å². The Bertz CT molecular complexity index is 1120. The molecule has 0 N–H and O–H groups in total. The van der Waals surface area contributed by atoms with Crippen LogP contribution in [0.2, 0.25) is 5.02 Å². The lowest BCUT2D eigenvalue weighted by atomic mass is 10.0. The number of halogens is 2. The normalized spacial score (nSPS) is 21.1. The molecule has 4 nitrogen and oxygen atoms in total. The maximum atomic E-state index is 13.5. The highest BCUT2D eigenvalue weighted by atomic mass is 35.5. The second-order valence-corrected chi connectivity index (χ2v) is 9.20. The molecule has 0 saturated carbocycles. The van der Waals surface area contributed by atoms with Gasteiger partial charge in [0.05, 0.1) is 11.1 Å². The van der Waals surface area contributed by atoms with E-state index in [4.69, 9.17) is 16.3 Å². The summed E-state index contributed by atoms with van der Waals surface area (Å²) in [6.45, 7) is 1.89. The predicted octanol–water partition coefficient (Wildman–Crippen LogP) is 5.19. The average Bonchev–Trinajstić information content (AvgIpc) is 2.79. The molecule has 2 atom stereocenters. The van der Waals surface area contributed by atoms with Gasteiger partial charge in [0.25, 0.3) is 0 Å². The first-order valence-electron chi connectivity index (χ1n) is 9.14. The minimum Gasteiger partial charge on any atom is -0.481 e. The van der Waals surface area contributed by atoms with Crippen molar-refractivity contribution in [3.8, 4) is 5.75 Å². The first-order chi connectivity index (χ1) is 13.9. The van der Waals surface area contributed by atoms with E-state index in [1.165, 1.54) is 22.5 Å². The van der Waals surface area contributed by atoms with Gasteiger partial charge in [-0.2, -0.15) is 4.31 Å². The largest absolute Gasteiger partial charge is 0.481 e. The van der Waals surface area contributed by atoms with Crippen molar-refractivity contribution < 1.29 is 17.5 Å². The van der Waals surface area contributed by atoms with Gasteiger partial charge in [-0.1, -0.05) is 60.1 Å². The molecule has 0 unspecified atom stereocenters. The second kappa shape index (κ2) is 7.78. The minimum atomic E-state index is -3.91. The highest BCUT2D eigenvalue weighted by Gasteiger charge is 2.41. The molecular weight excluding hydrogens is 413 g/mol. The molecule has 0 radical (unpaired) electrons.